The van der Waals surface area contributed by atoms with Gasteiger partial charge in [0, 0.05) is 17.8 Å². The molecule has 0 N–H and O–H groups in total. The molecule has 3 saturated carbocycles. The van der Waals surface area contributed by atoms with Crippen molar-refractivity contribution in [1.82, 2.24) is 0 Å². The van der Waals surface area contributed by atoms with Crippen LogP contribution in [-0.4, -0.2) is 23.1 Å². The highest BCUT2D eigenvalue weighted by Gasteiger charge is 2.70. The number of rotatable bonds is 3. The lowest BCUT2D eigenvalue weighted by Gasteiger charge is -2.57. The van der Waals surface area contributed by atoms with Crippen LogP contribution in [0.1, 0.15) is 72.6 Å². The normalized spacial score (nSPS) is 47.1. The Bertz CT molecular complexity index is 879. The number of hydrogen-bond donors (Lipinski definition) is 0. The smallest absolute Gasteiger partial charge is 0.309 e. The highest BCUT2D eigenvalue weighted by molar-refractivity contribution is 5.92. The van der Waals surface area contributed by atoms with Crippen molar-refractivity contribution in [3.05, 3.63) is 23.8 Å². The molecule has 0 amide bonds. The van der Waals surface area contributed by atoms with Crippen molar-refractivity contribution in [2.45, 2.75) is 78.2 Å². The first-order valence-corrected chi connectivity index (χ1v) is 11.8. The van der Waals surface area contributed by atoms with Crippen LogP contribution in [0.3, 0.4) is 0 Å². The van der Waals surface area contributed by atoms with Crippen molar-refractivity contribution in [3.8, 4) is 0 Å². The third-order valence-electron chi connectivity index (χ3n) is 9.75. The molecule has 0 bridgehead atoms. The molecule has 5 aliphatic rings. The largest absolute Gasteiger partial charge is 0.450 e. The van der Waals surface area contributed by atoms with Crippen molar-refractivity contribution >= 4 is 17.5 Å². The molecule has 0 aromatic carbocycles. The van der Waals surface area contributed by atoms with Crippen LogP contribution in [0, 0.1) is 40.4 Å². The van der Waals surface area contributed by atoms with Crippen LogP contribution in [0.5, 0.6) is 0 Å². The number of Topliss-reactive ketones (excluding diaryl/α,β-unsaturated/α-hetero) is 1. The number of allylic oxidation sites excluding steroid dienone is 4. The van der Waals surface area contributed by atoms with E-state index in [2.05, 4.69) is 32.9 Å². The number of carbonyl (C=O) groups is 3. The van der Waals surface area contributed by atoms with Gasteiger partial charge in [-0.2, -0.15) is 0 Å². The van der Waals surface area contributed by atoms with Crippen molar-refractivity contribution in [1.29, 1.82) is 0 Å². The minimum absolute atomic E-state index is 0.00614. The molecule has 30 heavy (non-hydrogen) atoms. The average Bonchev–Trinajstić information content (AvgIpc) is 3.50. The Morgan fingerprint density at radius 2 is 1.83 bits per heavy atom. The molecule has 5 rings (SSSR count). The summed E-state index contributed by atoms with van der Waals surface area (Å²) < 4.78 is 6.23. The fourth-order valence-corrected chi connectivity index (χ4v) is 7.93. The lowest BCUT2D eigenvalue weighted by molar-refractivity contribution is -0.193. The van der Waals surface area contributed by atoms with E-state index in [1.165, 1.54) is 5.57 Å². The van der Waals surface area contributed by atoms with Crippen LogP contribution in [0.4, 0.5) is 0 Å². The molecule has 4 nitrogen and oxygen atoms in total. The van der Waals surface area contributed by atoms with E-state index in [-0.39, 0.29) is 40.2 Å². The van der Waals surface area contributed by atoms with Gasteiger partial charge in [-0.05, 0) is 80.3 Å². The number of fused-ring (bicyclic) bond motifs is 5. The van der Waals surface area contributed by atoms with E-state index in [1.807, 2.05) is 6.08 Å². The van der Waals surface area contributed by atoms with Crippen molar-refractivity contribution in [2.24, 2.45) is 40.4 Å². The zero-order valence-corrected chi connectivity index (χ0v) is 18.7. The third-order valence-corrected chi connectivity index (χ3v) is 9.75. The highest BCUT2D eigenvalue weighted by atomic mass is 16.6. The highest BCUT2D eigenvalue weighted by Crippen LogP contribution is 2.68. The molecule has 0 aliphatic heterocycles. The molecule has 162 valence electrons. The molecule has 0 aromatic heterocycles. The van der Waals surface area contributed by atoms with E-state index >= 15 is 0 Å². The van der Waals surface area contributed by atoms with Crippen LogP contribution in [0.2, 0.25) is 0 Å². The van der Waals surface area contributed by atoms with Crippen molar-refractivity contribution in [3.63, 3.8) is 0 Å². The van der Waals surface area contributed by atoms with E-state index in [0.717, 1.165) is 38.5 Å². The number of hydrogen-bond acceptors (Lipinski definition) is 4. The molecule has 3 fully saturated rings. The van der Waals surface area contributed by atoms with Crippen LogP contribution in [-0.2, 0) is 19.1 Å². The Kier molecular flexibility index (Phi) is 4.31. The average molecular weight is 411 g/mol. The van der Waals surface area contributed by atoms with Crippen LogP contribution < -0.4 is 0 Å². The Balaban J connectivity index is 1.55. The summed E-state index contributed by atoms with van der Waals surface area (Å²) in [5.74, 6) is 1.27. The summed E-state index contributed by atoms with van der Waals surface area (Å²) >= 11 is 0. The molecular formula is C26H34O4. The van der Waals surface area contributed by atoms with Gasteiger partial charge in [0.1, 0.15) is 0 Å². The summed E-state index contributed by atoms with van der Waals surface area (Å²) in [6.07, 6.45) is 12.5. The van der Waals surface area contributed by atoms with E-state index in [4.69, 9.17) is 4.74 Å². The lowest BCUT2D eigenvalue weighted by Crippen LogP contribution is -2.60. The van der Waals surface area contributed by atoms with Gasteiger partial charge in [0.15, 0.2) is 17.2 Å². The Hall–Kier alpha value is -1.71. The van der Waals surface area contributed by atoms with Crippen LogP contribution in [0.25, 0.3) is 0 Å². The van der Waals surface area contributed by atoms with E-state index in [1.54, 1.807) is 6.92 Å². The van der Waals surface area contributed by atoms with E-state index < -0.39 is 5.60 Å². The predicted molar refractivity (Wildman–Crippen MR) is 113 cm³/mol. The topological polar surface area (TPSA) is 60.4 Å². The summed E-state index contributed by atoms with van der Waals surface area (Å²) in [5, 5.41) is 0. The predicted octanol–water partition coefficient (Wildman–Crippen LogP) is 4.82. The first-order chi connectivity index (χ1) is 14.1. The van der Waals surface area contributed by atoms with Gasteiger partial charge in [-0.15, -0.1) is 0 Å². The third kappa shape index (κ3) is 2.48. The van der Waals surface area contributed by atoms with E-state index in [0.29, 0.717) is 24.2 Å². The number of ether oxygens (including phenoxy) is 1. The van der Waals surface area contributed by atoms with Gasteiger partial charge in [0.05, 0.1) is 5.92 Å². The van der Waals surface area contributed by atoms with Gasteiger partial charge in [0.25, 0.3) is 0 Å². The second-order valence-electron chi connectivity index (χ2n) is 11.2. The Labute approximate surface area is 179 Å². The second-order valence-corrected chi connectivity index (χ2v) is 11.2. The summed E-state index contributed by atoms with van der Waals surface area (Å²) in [6, 6.07) is 0. The van der Waals surface area contributed by atoms with Gasteiger partial charge < -0.3 is 4.74 Å². The number of carbonyl (C=O) groups excluding carboxylic acids is 3. The molecule has 0 saturated heterocycles. The molecule has 0 aromatic rings. The monoisotopic (exact) mass is 410 g/mol. The molecular weight excluding hydrogens is 376 g/mol. The van der Waals surface area contributed by atoms with Crippen molar-refractivity contribution < 1.29 is 19.1 Å². The minimum Gasteiger partial charge on any atom is -0.450 e. The van der Waals surface area contributed by atoms with Crippen molar-refractivity contribution in [2.75, 3.05) is 0 Å². The standard InChI is InChI=1S/C26H34O4/c1-15-13-22-20-8-7-18-14-19(28)9-11-24(18,3)21(20)10-12-25(22,4)26(15,16(2)27)30-23(29)17-5-6-17/h7-8,14-15,17,20-22H,5-6,9-13H2,1-4H3/t15-,20+,21-,22-,24-,25-,26-/m0/s1. The Morgan fingerprint density at radius 1 is 1.10 bits per heavy atom. The van der Waals surface area contributed by atoms with Crippen LogP contribution in [0.15, 0.2) is 23.8 Å². The second kappa shape index (κ2) is 6.40. The first-order valence-electron chi connectivity index (χ1n) is 11.8. The summed E-state index contributed by atoms with van der Waals surface area (Å²) in [5.41, 5.74) is -0.122. The molecule has 0 unspecified atom stereocenters. The summed E-state index contributed by atoms with van der Waals surface area (Å²) in [4.78, 5) is 37.9. The van der Waals surface area contributed by atoms with Gasteiger partial charge in [-0.25, -0.2) is 0 Å². The molecule has 4 heteroatoms. The van der Waals surface area contributed by atoms with Gasteiger partial charge in [-0.1, -0.05) is 32.9 Å². The van der Waals surface area contributed by atoms with Gasteiger partial charge >= 0.3 is 5.97 Å². The zero-order valence-electron chi connectivity index (χ0n) is 18.7. The minimum atomic E-state index is -1.00. The maximum absolute atomic E-state index is 13.2. The van der Waals surface area contributed by atoms with Gasteiger partial charge in [-0.3, -0.25) is 14.4 Å². The van der Waals surface area contributed by atoms with Crippen LogP contribution >= 0.6 is 0 Å². The van der Waals surface area contributed by atoms with E-state index in [9.17, 15) is 14.4 Å². The van der Waals surface area contributed by atoms with Gasteiger partial charge in [0.2, 0.25) is 0 Å². The SMILES string of the molecule is CC(=O)[C@@]1(OC(=O)C2CC2)[C@@H](C)C[C@H]2[C@@H]3C=CC4=CC(=O)CC[C@]4(C)[C@H]3CC[C@@]21C. The quantitative estimate of drug-likeness (QED) is 0.626. The molecule has 0 radical (unpaired) electrons. The molecule has 5 aliphatic carbocycles. The zero-order chi connectivity index (χ0) is 21.5. The summed E-state index contributed by atoms with van der Waals surface area (Å²) in [6.45, 7) is 8.28. The molecule has 0 heterocycles. The maximum atomic E-state index is 13.2. The maximum Gasteiger partial charge on any atom is 0.309 e. The fourth-order valence-electron chi connectivity index (χ4n) is 7.93. The first kappa shape index (κ1) is 20.2. The molecule has 0 spiro atoms. The number of esters is 1. The fraction of sp³-hybridized carbons (Fsp3) is 0.731. The summed E-state index contributed by atoms with van der Waals surface area (Å²) in [7, 11) is 0. The molecule has 7 atom stereocenters. The lowest BCUT2D eigenvalue weighted by atomic mass is 9.48. The number of ketones is 2. The Morgan fingerprint density at radius 3 is 2.50 bits per heavy atom.